The van der Waals surface area contributed by atoms with Crippen LogP contribution in [0, 0.1) is 0 Å². The Kier molecular flexibility index (Phi) is 5.36. The summed E-state index contributed by atoms with van der Waals surface area (Å²) < 4.78 is 37.4. The fourth-order valence-electron chi connectivity index (χ4n) is 5.61. The van der Waals surface area contributed by atoms with E-state index in [0.717, 1.165) is 0 Å². The number of hydrogen-bond acceptors (Lipinski definition) is 4. The van der Waals surface area contributed by atoms with Crippen LogP contribution >= 0.6 is 11.6 Å². The van der Waals surface area contributed by atoms with Crippen molar-refractivity contribution >= 4 is 23.5 Å². The second-order valence-corrected chi connectivity index (χ2v) is 9.91. The maximum absolute atomic E-state index is 15.1. The lowest BCUT2D eigenvalue weighted by Crippen LogP contribution is -2.71. The normalized spacial score (nSPS) is 27.4. The van der Waals surface area contributed by atoms with E-state index in [2.05, 4.69) is 10.4 Å². The van der Waals surface area contributed by atoms with E-state index in [-0.39, 0.29) is 31.5 Å². The molecule has 1 aromatic carbocycles. The maximum atomic E-state index is 15.1. The molecule has 0 unspecified atom stereocenters. The molecule has 34 heavy (non-hydrogen) atoms. The number of urea groups is 1. The molecule has 1 aromatic heterocycles. The van der Waals surface area contributed by atoms with E-state index in [9.17, 15) is 9.59 Å². The number of hydrogen-bond donors (Lipinski definition) is 2. The lowest BCUT2D eigenvalue weighted by molar-refractivity contribution is -0.222. The molecule has 3 amide bonds. The number of nitrogens with one attached hydrogen (secondary N) is 1. The number of carbonyl (C=O) groups excluding carboxylic acids is 2. The first kappa shape index (κ1) is 23.0. The average molecular weight is 494 g/mol. The molecule has 0 radical (unpaired) electrons. The number of amides is 3. The summed E-state index contributed by atoms with van der Waals surface area (Å²) in [5.74, 6) is -3.76. The summed E-state index contributed by atoms with van der Waals surface area (Å²) >= 11 is 6.10. The highest BCUT2D eigenvalue weighted by Crippen LogP contribution is 2.56. The number of fused-ring (bicyclic) bond motifs is 4. The van der Waals surface area contributed by atoms with Gasteiger partial charge < -0.3 is 20.7 Å². The van der Waals surface area contributed by atoms with Gasteiger partial charge in [0.1, 0.15) is 11.2 Å². The quantitative estimate of drug-likeness (QED) is 0.679. The van der Waals surface area contributed by atoms with Gasteiger partial charge in [0.05, 0.1) is 29.9 Å². The zero-order chi connectivity index (χ0) is 24.3. The van der Waals surface area contributed by atoms with Gasteiger partial charge in [0.25, 0.3) is 11.8 Å². The fourth-order valence-corrected chi connectivity index (χ4v) is 5.80. The molecule has 2 aromatic rings. The Labute approximate surface area is 200 Å². The van der Waals surface area contributed by atoms with Crippen molar-refractivity contribution in [2.45, 2.75) is 62.3 Å². The topological polar surface area (TPSA) is 102 Å². The number of carbonyl (C=O) groups is 2. The third kappa shape index (κ3) is 3.54. The van der Waals surface area contributed by atoms with Crippen molar-refractivity contribution in [3.63, 3.8) is 0 Å². The number of benzene rings is 1. The van der Waals surface area contributed by atoms with E-state index >= 15 is 8.78 Å². The van der Waals surface area contributed by atoms with Crippen molar-refractivity contribution in [3.8, 4) is 11.3 Å². The molecule has 11 heteroatoms. The van der Waals surface area contributed by atoms with Gasteiger partial charge in [-0.2, -0.15) is 5.10 Å². The van der Waals surface area contributed by atoms with E-state index in [1.54, 1.807) is 28.9 Å². The molecule has 0 spiro atoms. The fraction of sp³-hybridized carbons (Fsp3) is 0.522. The van der Waals surface area contributed by atoms with Crippen LogP contribution in [0.15, 0.2) is 24.3 Å². The lowest BCUT2D eigenvalue weighted by atomic mass is 9.61. The minimum Gasteiger partial charge on any atom is -0.378 e. The highest BCUT2D eigenvalue weighted by molar-refractivity contribution is 6.30. The highest BCUT2D eigenvalue weighted by Gasteiger charge is 2.66. The second kappa shape index (κ2) is 7.91. The first-order valence-corrected chi connectivity index (χ1v) is 11.6. The van der Waals surface area contributed by atoms with E-state index in [1.165, 1.54) is 12.0 Å². The van der Waals surface area contributed by atoms with Crippen molar-refractivity contribution < 1.29 is 23.1 Å². The number of alkyl halides is 2. The van der Waals surface area contributed by atoms with E-state index < -0.39 is 35.4 Å². The van der Waals surface area contributed by atoms with Gasteiger partial charge in [0, 0.05) is 30.7 Å². The SMILES string of the molecule is COC12CCC(NC(=O)N3CCn4nc(-c5cccc(Cl)c5)c(C(N)=O)c4C3)(CC1)C(F)(F)C2. The zero-order valence-corrected chi connectivity index (χ0v) is 19.5. The van der Waals surface area contributed by atoms with Crippen LogP contribution in [0.3, 0.4) is 0 Å². The standard InChI is InChI=1S/C23H26ClF2N5O3/c1-34-21-5-7-22(8-6-21,23(25,26)13-21)28-20(33)30-9-10-31-16(12-30)17(19(27)32)18(29-31)14-3-2-4-15(24)11-14/h2-4,11H,5-10,12-13H2,1H3,(H2,27,32)(H,28,33). The van der Waals surface area contributed by atoms with Crippen LogP contribution in [-0.4, -0.2) is 57.3 Å². The summed E-state index contributed by atoms with van der Waals surface area (Å²) in [6.45, 7) is 0.596. The summed E-state index contributed by atoms with van der Waals surface area (Å²) in [4.78, 5) is 27.0. The number of nitrogens with two attached hydrogens (primary N) is 1. The maximum Gasteiger partial charge on any atom is 0.318 e. The molecule has 8 nitrogen and oxygen atoms in total. The Bertz CT molecular complexity index is 1160. The number of ether oxygens (including phenoxy) is 1. The minimum atomic E-state index is -3.08. The van der Waals surface area contributed by atoms with Crippen molar-refractivity contribution in [3.05, 3.63) is 40.5 Å². The minimum absolute atomic E-state index is 0.0291. The Balaban J connectivity index is 1.40. The van der Waals surface area contributed by atoms with Gasteiger partial charge in [-0.05, 0) is 37.8 Å². The average Bonchev–Trinajstić information content (AvgIpc) is 3.19. The molecule has 4 aliphatic rings. The largest absolute Gasteiger partial charge is 0.378 e. The molecule has 3 N–H and O–H groups in total. The molecule has 0 saturated heterocycles. The summed E-state index contributed by atoms with van der Waals surface area (Å²) in [5, 5.41) is 7.68. The van der Waals surface area contributed by atoms with E-state index in [0.29, 0.717) is 41.4 Å². The number of halogens is 3. The molecule has 0 atom stereocenters. The molecule has 6 rings (SSSR count). The molecule has 3 aliphatic carbocycles. The van der Waals surface area contributed by atoms with Crippen LogP contribution in [0.5, 0.6) is 0 Å². The van der Waals surface area contributed by atoms with Crippen LogP contribution in [0.4, 0.5) is 13.6 Å². The number of nitrogens with zero attached hydrogens (tertiary/aromatic N) is 3. The molecular weight excluding hydrogens is 468 g/mol. The van der Waals surface area contributed by atoms with Crippen molar-refractivity contribution in [2.24, 2.45) is 5.73 Å². The highest BCUT2D eigenvalue weighted by atomic mass is 35.5. The number of rotatable bonds is 4. The first-order chi connectivity index (χ1) is 16.1. The summed E-state index contributed by atoms with van der Waals surface area (Å²) in [5.41, 5.74) is 4.95. The predicted octanol–water partition coefficient (Wildman–Crippen LogP) is 3.56. The monoisotopic (exact) mass is 493 g/mol. The van der Waals surface area contributed by atoms with Gasteiger partial charge >= 0.3 is 6.03 Å². The van der Waals surface area contributed by atoms with Crippen LogP contribution in [0.25, 0.3) is 11.3 Å². The third-order valence-corrected chi connectivity index (χ3v) is 7.89. The van der Waals surface area contributed by atoms with Crippen molar-refractivity contribution in [1.82, 2.24) is 20.0 Å². The van der Waals surface area contributed by atoms with Gasteiger partial charge in [-0.1, -0.05) is 23.7 Å². The summed E-state index contributed by atoms with van der Waals surface area (Å²) in [7, 11) is 1.47. The van der Waals surface area contributed by atoms with Gasteiger partial charge in [0.2, 0.25) is 0 Å². The van der Waals surface area contributed by atoms with Crippen LogP contribution < -0.4 is 11.1 Å². The molecule has 1 aliphatic heterocycles. The van der Waals surface area contributed by atoms with Gasteiger partial charge in [0.15, 0.2) is 0 Å². The number of methoxy groups -OCH3 is 1. The third-order valence-electron chi connectivity index (χ3n) is 7.65. The van der Waals surface area contributed by atoms with Crippen LogP contribution in [-0.2, 0) is 17.8 Å². The summed E-state index contributed by atoms with van der Waals surface area (Å²) in [6.07, 6.45) is 0.841. The number of aromatic nitrogens is 2. The number of primary amides is 1. The van der Waals surface area contributed by atoms with Crippen molar-refractivity contribution in [1.29, 1.82) is 0 Å². The summed E-state index contributed by atoms with van der Waals surface area (Å²) in [6, 6.07) is 6.32. The Morgan fingerprint density at radius 2 is 1.94 bits per heavy atom. The van der Waals surface area contributed by atoms with Gasteiger partial charge in [-0.25, -0.2) is 13.6 Å². The van der Waals surface area contributed by atoms with Crippen molar-refractivity contribution in [2.75, 3.05) is 13.7 Å². The molecule has 3 fully saturated rings. The van der Waals surface area contributed by atoms with Crippen LogP contribution in [0.2, 0.25) is 5.02 Å². The lowest BCUT2D eigenvalue weighted by Gasteiger charge is -2.56. The Morgan fingerprint density at radius 3 is 2.56 bits per heavy atom. The molecule has 2 heterocycles. The molecule has 3 saturated carbocycles. The van der Waals surface area contributed by atoms with E-state index in [4.69, 9.17) is 22.1 Å². The molecule has 182 valence electrons. The molecular formula is C23H26ClF2N5O3. The van der Waals surface area contributed by atoms with Gasteiger partial charge in [-0.15, -0.1) is 0 Å². The Morgan fingerprint density at radius 1 is 1.21 bits per heavy atom. The predicted molar refractivity (Wildman–Crippen MR) is 121 cm³/mol. The zero-order valence-electron chi connectivity index (χ0n) is 18.7. The first-order valence-electron chi connectivity index (χ1n) is 11.2. The van der Waals surface area contributed by atoms with Gasteiger partial charge in [-0.3, -0.25) is 9.48 Å². The second-order valence-electron chi connectivity index (χ2n) is 9.47. The molecule has 2 bridgehead atoms. The smallest absolute Gasteiger partial charge is 0.318 e. The van der Waals surface area contributed by atoms with E-state index in [1.807, 2.05) is 0 Å². The van der Waals surface area contributed by atoms with Crippen LogP contribution in [0.1, 0.15) is 48.2 Å². The Hall–Kier alpha value is -2.72.